The van der Waals surface area contributed by atoms with Gasteiger partial charge in [-0.2, -0.15) is 0 Å². The second kappa shape index (κ2) is 5.86. The van der Waals surface area contributed by atoms with Gasteiger partial charge in [0, 0.05) is 12.6 Å². The van der Waals surface area contributed by atoms with Crippen LogP contribution in [0, 0.1) is 5.82 Å². The molecule has 0 aliphatic heterocycles. The van der Waals surface area contributed by atoms with E-state index in [9.17, 15) is 4.39 Å². The topological polar surface area (TPSA) is 3.24 Å². The molecule has 1 aromatic rings. The Bertz CT molecular complexity index is 279. The highest BCUT2D eigenvalue weighted by molar-refractivity contribution is 5.15. The second-order valence-corrected chi connectivity index (χ2v) is 4.19. The van der Waals surface area contributed by atoms with Gasteiger partial charge in [0.05, 0.1) is 0 Å². The summed E-state index contributed by atoms with van der Waals surface area (Å²) in [6.45, 7) is 8.57. The smallest absolute Gasteiger partial charge is 0.123 e. The van der Waals surface area contributed by atoms with Gasteiger partial charge < -0.3 is 0 Å². The van der Waals surface area contributed by atoms with Crippen molar-refractivity contribution in [3.05, 3.63) is 35.6 Å². The van der Waals surface area contributed by atoms with Crippen LogP contribution in [0.15, 0.2) is 24.3 Å². The van der Waals surface area contributed by atoms with E-state index in [1.54, 1.807) is 0 Å². The molecule has 15 heavy (non-hydrogen) atoms. The number of nitrogens with zero attached hydrogens (tertiary/aromatic N) is 1. The van der Waals surface area contributed by atoms with Crippen LogP contribution in [0.4, 0.5) is 4.39 Å². The largest absolute Gasteiger partial charge is 0.297 e. The van der Waals surface area contributed by atoms with Crippen molar-refractivity contribution < 1.29 is 4.39 Å². The maximum absolute atomic E-state index is 12.7. The first kappa shape index (κ1) is 12.2. The molecule has 1 rings (SSSR count). The molecule has 0 N–H and O–H groups in total. The number of hydrogen-bond donors (Lipinski definition) is 0. The molecule has 2 heteroatoms. The molecule has 0 aliphatic carbocycles. The molecule has 0 bridgehead atoms. The molecule has 0 saturated heterocycles. The average Bonchev–Trinajstić information content (AvgIpc) is 2.20. The average molecular weight is 209 g/mol. The molecule has 84 valence electrons. The minimum absolute atomic E-state index is 0.162. The molecule has 0 heterocycles. The highest BCUT2D eigenvalue weighted by Crippen LogP contribution is 2.09. The summed E-state index contributed by atoms with van der Waals surface area (Å²) < 4.78 is 12.7. The van der Waals surface area contributed by atoms with E-state index in [1.165, 1.54) is 17.7 Å². The van der Waals surface area contributed by atoms with Crippen molar-refractivity contribution in [3.8, 4) is 0 Å². The number of hydrogen-bond acceptors (Lipinski definition) is 1. The van der Waals surface area contributed by atoms with Gasteiger partial charge in [-0.3, -0.25) is 4.90 Å². The van der Waals surface area contributed by atoms with E-state index in [4.69, 9.17) is 0 Å². The van der Waals surface area contributed by atoms with Crippen LogP contribution in [0.5, 0.6) is 0 Å². The fourth-order valence-corrected chi connectivity index (χ4v) is 1.63. The van der Waals surface area contributed by atoms with Crippen LogP contribution >= 0.6 is 0 Å². The first-order chi connectivity index (χ1) is 7.13. The van der Waals surface area contributed by atoms with Crippen LogP contribution in [0.1, 0.15) is 32.8 Å². The van der Waals surface area contributed by atoms with Crippen LogP contribution in [-0.2, 0) is 6.54 Å². The SMILES string of the molecule is CCCN(Cc1ccc(F)cc1)C(C)C. The molecule has 0 saturated carbocycles. The standard InChI is InChI=1S/C13H20FN/c1-4-9-15(11(2)3)10-12-5-7-13(14)8-6-12/h5-8,11H,4,9-10H2,1-3H3. The maximum Gasteiger partial charge on any atom is 0.123 e. The molecular formula is C13H20FN. The van der Waals surface area contributed by atoms with Crippen molar-refractivity contribution in [2.45, 2.75) is 39.8 Å². The first-order valence-corrected chi connectivity index (χ1v) is 5.62. The molecule has 0 fully saturated rings. The summed E-state index contributed by atoms with van der Waals surface area (Å²) in [6.07, 6.45) is 1.15. The number of rotatable bonds is 5. The normalized spacial score (nSPS) is 11.3. The Kier molecular flexibility index (Phi) is 4.76. The lowest BCUT2D eigenvalue weighted by Crippen LogP contribution is -2.30. The van der Waals surface area contributed by atoms with Crippen LogP contribution in [0.25, 0.3) is 0 Å². The van der Waals surface area contributed by atoms with Gasteiger partial charge in [0.25, 0.3) is 0 Å². The fourth-order valence-electron chi connectivity index (χ4n) is 1.63. The Balaban J connectivity index is 2.61. The molecular weight excluding hydrogens is 189 g/mol. The Hall–Kier alpha value is -0.890. The summed E-state index contributed by atoms with van der Waals surface area (Å²) in [7, 11) is 0. The van der Waals surface area contributed by atoms with E-state index in [-0.39, 0.29) is 5.82 Å². The van der Waals surface area contributed by atoms with Crippen LogP contribution in [0.3, 0.4) is 0 Å². The quantitative estimate of drug-likeness (QED) is 0.718. The fraction of sp³-hybridized carbons (Fsp3) is 0.538. The number of benzene rings is 1. The lowest BCUT2D eigenvalue weighted by atomic mass is 10.2. The van der Waals surface area contributed by atoms with Crippen molar-refractivity contribution in [2.24, 2.45) is 0 Å². The molecule has 0 atom stereocenters. The van der Waals surface area contributed by atoms with E-state index >= 15 is 0 Å². The van der Waals surface area contributed by atoms with Crippen LogP contribution in [0.2, 0.25) is 0 Å². The van der Waals surface area contributed by atoms with E-state index in [2.05, 4.69) is 25.7 Å². The van der Waals surface area contributed by atoms with Gasteiger partial charge >= 0.3 is 0 Å². The monoisotopic (exact) mass is 209 g/mol. The predicted octanol–water partition coefficient (Wildman–Crippen LogP) is 3.45. The van der Waals surface area contributed by atoms with Gasteiger partial charge in [-0.15, -0.1) is 0 Å². The zero-order valence-corrected chi connectivity index (χ0v) is 9.83. The maximum atomic E-state index is 12.7. The Morgan fingerprint density at radius 3 is 2.27 bits per heavy atom. The first-order valence-electron chi connectivity index (χ1n) is 5.62. The van der Waals surface area contributed by atoms with E-state index in [0.29, 0.717) is 6.04 Å². The van der Waals surface area contributed by atoms with E-state index < -0.39 is 0 Å². The summed E-state index contributed by atoms with van der Waals surface area (Å²) in [4.78, 5) is 2.40. The van der Waals surface area contributed by atoms with E-state index in [0.717, 1.165) is 19.5 Å². The zero-order valence-electron chi connectivity index (χ0n) is 9.83. The third-order valence-corrected chi connectivity index (χ3v) is 2.54. The summed E-state index contributed by atoms with van der Waals surface area (Å²) >= 11 is 0. The van der Waals surface area contributed by atoms with Crippen molar-refractivity contribution in [3.63, 3.8) is 0 Å². The van der Waals surface area contributed by atoms with Crippen molar-refractivity contribution in [1.29, 1.82) is 0 Å². The molecule has 0 unspecified atom stereocenters. The summed E-state index contributed by atoms with van der Waals surface area (Å²) in [5, 5.41) is 0. The predicted molar refractivity (Wildman–Crippen MR) is 62.2 cm³/mol. The van der Waals surface area contributed by atoms with Gasteiger partial charge in [0.2, 0.25) is 0 Å². The zero-order chi connectivity index (χ0) is 11.3. The van der Waals surface area contributed by atoms with Gasteiger partial charge in [0.15, 0.2) is 0 Å². The van der Waals surface area contributed by atoms with Gasteiger partial charge in [-0.1, -0.05) is 19.1 Å². The molecule has 0 spiro atoms. The summed E-state index contributed by atoms with van der Waals surface area (Å²) in [5.74, 6) is -0.162. The van der Waals surface area contributed by atoms with Gasteiger partial charge in [0.1, 0.15) is 5.82 Å². The molecule has 0 aromatic heterocycles. The van der Waals surface area contributed by atoms with Crippen molar-refractivity contribution in [1.82, 2.24) is 4.90 Å². The van der Waals surface area contributed by atoms with Crippen molar-refractivity contribution in [2.75, 3.05) is 6.54 Å². The molecule has 1 aromatic carbocycles. The van der Waals surface area contributed by atoms with E-state index in [1.807, 2.05) is 12.1 Å². The minimum atomic E-state index is -0.162. The Labute approximate surface area is 91.9 Å². The minimum Gasteiger partial charge on any atom is -0.297 e. The number of halogens is 1. The summed E-state index contributed by atoms with van der Waals surface area (Å²) in [5.41, 5.74) is 1.18. The third-order valence-electron chi connectivity index (χ3n) is 2.54. The Morgan fingerprint density at radius 1 is 1.20 bits per heavy atom. The lowest BCUT2D eigenvalue weighted by Gasteiger charge is -2.25. The summed E-state index contributed by atoms with van der Waals surface area (Å²) in [6, 6.07) is 7.32. The molecule has 0 radical (unpaired) electrons. The van der Waals surface area contributed by atoms with Gasteiger partial charge in [-0.25, -0.2) is 4.39 Å². The van der Waals surface area contributed by atoms with Gasteiger partial charge in [-0.05, 0) is 44.5 Å². The molecule has 0 aliphatic rings. The third kappa shape index (κ3) is 4.00. The Morgan fingerprint density at radius 2 is 1.80 bits per heavy atom. The molecule has 0 amide bonds. The lowest BCUT2D eigenvalue weighted by molar-refractivity contribution is 0.213. The molecule has 1 nitrogen and oxygen atoms in total. The highest BCUT2D eigenvalue weighted by atomic mass is 19.1. The van der Waals surface area contributed by atoms with Crippen LogP contribution < -0.4 is 0 Å². The van der Waals surface area contributed by atoms with Crippen molar-refractivity contribution >= 4 is 0 Å². The van der Waals surface area contributed by atoms with Crippen LogP contribution in [-0.4, -0.2) is 17.5 Å². The highest BCUT2D eigenvalue weighted by Gasteiger charge is 2.08. The second-order valence-electron chi connectivity index (χ2n) is 4.19.